The molecular formula is C17H21FN2O2. The summed E-state index contributed by atoms with van der Waals surface area (Å²) >= 11 is 0. The normalized spacial score (nSPS) is 19.5. The van der Waals surface area contributed by atoms with Crippen molar-refractivity contribution < 1.29 is 14.0 Å². The average molecular weight is 304 g/mol. The van der Waals surface area contributed by atoms with Gasteiger partial charge in [0.1, 0.15) is 5.82 Å². The Morgan fingerprint density at radius 2 is 1.68 bits per heavy atom. The van der Waals surface area contributed by atoms with Crippen LogP contribution in [0.4, 0.5) is 4.39 Å². The standard InChI is InChI=1S/C17H21FN2O2/c18-15-5-3-4-14(12-15)17(22)20-10-6-13(7-11-20)16(21)19-8-1-2-9-19/h3-5,12-13H,1-2,6-11H2. The number of benzene rings is 1. The number of carbonyl (C=O) groups is 2. The van der Waals surface area contributed by atoms with Gasteiger partial charge in [-0.2, -0.15) is 0 Å². The molecule has 0 bridgehead atoms. The quantitative estimate of drug-likeness (QED) is 0.841. The molecule has 0 aromatic heterocycles. The van der Waals surface area contributed by atoms with Gasteiger partial charge < -0.3 is 9.80 Å². The lowest BCUT2D eigenvalue weighted by Crippen LogP contribution is -2.43. The molecular weight excluding hydrogens is 283 g/mol. The van der Waals surface area contributed by atoms with Gasteiger partial charge in [0.15, 0.2) is 0 Å². The molecule has 0 radical (unpaired) electrons. The van der Waals surface area contributed by atoms with Crippen molar-refractivity contribution in [1.29, 1.82) is 0 Å². The second-order valence-corrected chi connectivity index (χ2v) is 6.11. The summed E-state index contributed by atoms with van der Waals surface area (Å²) in [6.45, 7) is 2.89. The first-order valence-electron chi connectivity index (χ1n) is 7.99. The number of halogens is 1. The fraction of sp³-hybridized carbons (Fsp3) is 0.529. The van der Waals surface area contributed by atoms with E-state index in [4.69, 9.17) is 0 Å². The van der Waals surface area contributed by atoms with Gasteiger partial charge in [-0.3, -0.25) is 9.59 Å². The predicted octanol–water partition coefficient (Wildman–Crippen LogP) is 2.30. The van der Waals surface area contributed by atoms with E-state index in [1.807, 2.05) is 4.90 Å². The lowest BCUT2D eigenvalue weighted by atomic mass is 9.95. The number of likely N-dealkylation sites (tertiary alicyclic amines) is 2. The molecule has 1 aromatic rings. The largest absolute Gasteiger partial charge is 0.342 e. The Kier molecular flexibility index (Phi) is 4.41. The SMILES string of the molecule is O=C(c1cccc(F)c1)N1CCC(C(=O)N2CCCC2)CC1. The van der Waals surface area contributed by atoms with Gasteiger partial charge in [-0.25, -0.2) is 4.39 Å². The summed E-state index contributed by atoms with van der Waals surface area (Å²) in [5.41, 5.74) is 0.379. The number of hydrogen-bond donors (Lipinski definition) is 0. The van der Waals surface area contributed by atoms with Crippen LogP contribution in [0.2, 0.25) is 0 Å². The average Bonchev–Trinajstić information content (AvgIpc) is 3.08. The van der Waals surface area contributed by atoms with E-state index >= 15 is 0 Å². The summed E-state index contributed by atoms with van der Waals surface area (Å²) < 4.78 is 13.2. The van der Waals surface area contributed by atoms with Gasteiger partial charge in [-0.1, -0.05) is 6.07 Å². The third-order valence-electron chi connectivity index (χ3n) is 4.62. The van der Waals surface area contributed by atoms with Gasteiger partial charge in [0.25, 0.3) is 5.91 Å². The van der Waals surface area contributed by atoms with Gasteiger partial charge in [0.2, 0.25) is 5.91 Å². The zero-order valence-corrected chi connectivity index (χ0v) is 12.6. The minimum Gasteiger partial charge on any atom is -0.342 e. The van der Waals surface area contributed by atoms with Crippen LogP contribution < -0.4 is 0 Å². The minimum atomic E-state index is -0.398. The molecule has 0 aliphatic carbocycles. The van der Waals surface area contributed by atoms with E-state index in [-0.39, 0.29) is 17.7 Å². The van der Waals surface area contributed by atoms with Crippen molar-refractivity contribution in [2.75, 3.05) is 26.2 Å². The molecule has 2 amide bonds. The topological polar surface area (TPSA) is 40.6 Å². The van der Waals surface area contributed by atoms with Crippen LogP contribution in [0.25, 0.3) is 0 Å². The maximum Gasteiger partial charge on any atom is 0.253 e. The van der Waals surface area contributed by atoms with Crippen LogP contribution in [0.15, 0.2) is 24.3 Å². The molecule has 118 valence electrons. The minimum absolute atomic E-state index is 0.0367. The summed E-state index contributed by atoms with van der Waals surface area (Å²) in [5.74, 6) is -0.262. The zero-order chi connectivity index (χ0) is 15.5. The lowest BCUT2D eigenvalue weighted by Gasteiger charge is -2.33. The highest BCUT2D eigenvalue weighted by molar-refractivity contribution is 5.94. The molecule has 5 heteroatoms. The van der Waals surface area contributed by atoms with Crippen molar-refractivity contribution in [3.63, 3.8) is 0 Å². The molecule has 2 aliphatic heterocycles. The fourth-order valence-electron chi connectivity index (χ4n) is 3.33. The number of carbonyl (C=O) groups excluding carboxylic acids is 2. The summed E-state index contributed by atoms with van der Waals surface area (Å²) in [6.07, 6.45) is 3.61. The number of hydrogen-bond acceptors (Lipinski definition) is 2. The molecule has 2 aliphatic rings. The van der Waals surface area contributed by atoms with Crippen LogP contribution >= 0.6 is 0 Å². The van der Waals surface area contributed by atoms with Crippen molar-refractivity contribution in [2.45, 2.75) is 25.7 Å². The van der Waals surface area contributed by atoms with Crippen LogP contribution in [0.3, 0.4) is 0 Å². The summed E-state index contributed by atoms with van der Waals surface area (Å²) in [7, 11) is 0. The molecule has 22 heavy (non-hydrogen) atoms. The highest BCUT2D eigenvalue weighted by Gasteiger charge is 2.31. The molecule has 0 atom stereocenters. The van der Waals surface area contributed by atoms with E-state index in [9.17, 15) is 14.0 Å². The van der Waals surface area contributed by atoms with E-state index in [0.717, 1.165) is 25.9 Å². The molecule has 0 spiro atoms. The second kappa shape index (κ2) is 6.46. The Bertz CT molecular complexity index is 562. The van der Waals surface area contributed by atoms with Crippen LogP contribution in [-0.4, -0.2) is 47.8 Å². The van der Waals surface area contributed by atoms with Crippen molar-refractivity contribution in [2.24, 2.45) is 5.92 Å². The predicted molar refractivity (Wildman–Crippen MR) is 80.8 cm³/mol. The number of amides is 2. The monoisotopic (exact) mass is 304 g/mol. The van der Waals surface area contributed by atoms with Crippen LogP contribution in [0.1, 0.15) is 36.0 Å². The van der Waals surface area contributed by atoms with Gasteiger partial charge >= 0.3 is 0 Å². The third kappa shape index (κ3) is 3.13. The molecule has 3 rings (SSSR count). The lowest BCUT2D eigenvalue weighted by molar-refractivity contribution is -0.135. The Morgan fingerprint density at radius 3 is 2.32 bits per heavy atom. The number of rotatable bonds is 2. The van der Waals surface area contributed by atoms with Crippen LogP contribution in [0.5, 0.6) is 0 Å². The van der Waals surface area contributed by atoms with Gasteiger partial charge in [-0.05, 0) is 43.9 Å². The van der Waals surface area contributed by atoms with Gasteiger partial charge in [-0.15, -0.1) is 0 Å². The third-order valence-corrected chi connectivity index (χ3v) is 4.62. The summed E-state index contributed by atoms with van der Waals surface area (Å²) in [6, 6.07) is 5.78. The van der Waals surface area contributed by atoms with E-state index in [0.29, 0.717) is 31.5 Å². The Hall–Kier alpha value is -1.91. The summed E-state index contributed by atoms with van der Waals surface area (Å²) in [4.78, 5) is 28.4. The Balaban J connectivity index is 1.57. The first kappa shape index (κ1) is 15.0. The molecule has 2 saturated heterocycles. The molecule has 4 nitrogen and oxygen atoms in total. The van der Waals surface area contributed by atoms with E-state index < -0.39 is 5.82 Å². The van der Waals surface area contributed by atoms with E-state index in [1.54, 1.807) is 17.0 Å². The smallest absolute Gasteiger partial charge is 0.253 e. The number of piperidine rings is 1. The zero-order valence-electron chi connectivity index (χ0n) is 12.6. The van der Waals surface area contributed by atoms with Crippen LogP contribution in [-0.2, 0) is 4.79 Å². The highest BCUT2D eigenvalue weighted by Crippen LogP contribution is 2.23. The van der Waals surface area contributed by atoms with E-state index in [2.05, 4.69) is 0 Å². The fourth-order valence-corrected chi connectivity index (χ4v) is 3.33. The van der Waals surface area contributed by atoms with Crippen molar-refractivity contribution in [3.8, 4) is 0 Å². The van der Waals surface area contributed by atoms with Crippen molar-refractivity contribution >= 4 is 11.8 Å². The summed E-state index contributed by atoms with van der Waals surface area (Å²) in [5, 5.41) is 0. The first-order valence-corrected chi connectivity index (χ1v) is 7.99. The Morgan fingerprint density at radius 1 is 1.00 bits per heavy atom. The van der Waals surface area contributed by atoms with E-state index in [1.165, 1.54) is 12.1 Å². The van der Waals surface area contributed by atoms with Gasteiger partial charge in [0, 0.05) is 37.7 Å². The second-order valence-electron chi connectivity index (χ2n) is 6.11. The molecule has 0 unspecified atom stereocenters. The van der Waals surface area contributed by atoms with Crippen molar-refractivity contribution in [1.82, 2.24) is 9.80 Å². The molecule has 0 saturated carbocycles. The molecule has 2 heterocycles. The first-order chi connectivity index (χ1) is 10.6. The highest BCUT2D eigenvalue weighted by atomic mass is 19.1. The maximum atomic E-state index is 13.2. The Labute approximate surface area is 129 Å². The maximum absolute atomic E-state index is 13.2. The van der Waals surface area contributed by atoms with Gasteiger partial charge in [0.05, 0.1) is 0 Å². The number of nitrogens with zero attached hydrogens (tertiary/aromatic N) is 2. The van der Waals surface area contributed by atoms with Crippen molar-refractivity contribution in [3.05, 3.63) is 35.6 Å². The molecule has 1 aromatic carbocycles. The molecule has 2 fully saturated rings. The van der Waals surface area contributed by atoms with Crippen LogP contribution in [0, 0.1) is 11.7 Å². The molecule has 0 N–H and O–H groups in total.